The van der Waals surface area contributed by atoms with Gasteiger partial charge in [-0.15, -0.1) is 0 Å². The summed E-state index contributed by atoms with van der Waals surface area (Å²) in [6, 6.07) is 18.8. The lowest BCUT2D eigenvalue weighted by atomic mass is 9.86. The Labute approximate surface area is 139 Å². The summed E-state index contributed by atoms with van der Waals surface area (Å²) in [5, 5.41) is 7.16. The third-order valence-electron chi connectivity index (χ3n) is 3.66. The molecule has 0 aromatic heterocycles. The summed E-state index contributed by atoms with van der Waals surface area (Å²) >= 11 is 5.38. The minimum absolute atomic E-state index is 0.165. The van der Waals surface area contributed by atoms with Crippen LogP contribution in [0.1, 0.15) is 44.9 Å². The number of anilines is 1. The lowest BCUT2D eigenvalue weighted by molar-refractivity contribution is 0.589. The van der Waals surface area contributed by atoms with Crippen molar-refractivity contribution in [3.63, 3.8) is 0 Å². The van der Waals surface area contributed by atoms with Crippen molar-refractivity contribution in [1.29, 1.82) is 0 Å². The molecule has 2 aromatic carbocycles. The monoisotopic (exact) mass is 312 g/mol. The van der Waals surface area contributed by atoms with Crippen molar-refractivity contribution < 1.29 is 0 Å². The van der Waals surface area contributed by atoms with Crippen molar-refractivity contribution in [2.45, 2.75) is 39.2 Å². The molecule has 0 unspecified atom stereocenters. The van der Waals surface area contributed by atoms with E-state index in [0.29, 0.717) is 5.11 Å². The number of thiocarbonyl (C=S) groups is 1. The molecule has 0 radical (unpaired) electrons. The van der Waals surface area contributed by atoms with Crippen molar-refractivity contribution in [3.8, 4) is 0 Å². The molecule has 3 heteroatoms. The van der Waals surface area contributed by atoms with Gasteiger partial charge in [0.25, 0.3) is 0 Å². The summed E-state index contributed by atoms with van der Waals surface area (Å²) < 4.78 is 0. The number of nitrogens with one attached hydrogen (secondary N) is 2. The highest BCUT2D eigenvalue weighted by molar-refractivity contribution is 7.80. The Morgan fingerprint density at radius 1 is 0.955 bits per heavy atom. The Kier molecular flexibility index (Phi) is 5.19. The Hall–Kier alpha value is -1.87. The maximum atomic E-state index is 5.38. The van der Waals surface area contributed by atoms with Gasteiger partial charge in [-0.2, -0.15) is 0 Å². The molecule has 22 heavy (non-hydrogen) atoms. The van der Waals surface area contributed by atoms with Crippen LogP contribution in [0.25, 0.3) is 0 Å². The fourth-order valence-electron chi connectivity index (χ4n) is 2.24. The molecule has 2 aromatic rings. The van der Waals surface area contributed by atoms with Crippen molar-refractivity contribution >= 4 is 23.0 Å². The second-order valence-electron chi connectivity index (χ2n) is 6.56. The van der Waals surface area contributed by atoms with Crippen LogP contribution in [-0.2, 0) is 5.41 Å². The van der Waals surface area contributed by atoms with E-state index in [-0.39, 0.29) is 11.5 Å². The van der Waals surface area contributed by atoms with E-state index in [0.717, 1.165) is 5.69 Å². The summed E-state index contributed by atoms with van der Waals surface area (Å²) in [6.45, 7) is 8.79. The Balaban J connectivity index is 1.97. The second kappa shape index (κ2) is 6.93. The van der Waals surface area contributed by atoms with E-state index in [4.69, 9.17) is 12.2 Å². The van der Waals surface area contributed by atoms with Crippen LogP contribution in [0.4, 0.5) is 5.69 Å². The summed E-state index contributed by atoms with van der Waals surface area (Å²) in [7, 11) is 0. The lowest BCUT2D eigenvalue weighted by Gasteiger charge is -2.21. The maximum Gasteiger partial charge on any atom is 0.171 e. The highest BCUT2D eigenvalue weighted by Gasteiger charge is 2.14. The van der Waals surface area contributed by atoms with E-state index in [1.807, 2.05) is 30.3 Å². The van der Waals surface area contributed by atoms with Gasteiger partial charge in [0.15, 0.2) is 5.11 Å². The van der Waals surface area contributed by atoms with E-state index in [1.165, 1.54) is 11.1 Å². The Bertz CT molecular complexity index is 612. The average Bonchev–Trinajstić information content (AvgIpc) is 2.47. The van der Waals surface area contributed by atoms with Crippen LogP contribution >= 0.6 is 12.2 Å². The van der Waals surface area contributed by atoms with Gasteiger partial charge in [0.1, 0.15) is 0 Å². The van der Waals surface area contributed by atoms with Crippen molar-refractivity contribution in [2.24, 2.45) is 0 Å². The summed E-state index contributed by atoms with van der Waals surface area (Å²) in [5.41, 5.74) is 3.74. The molecule has 0 saturated heterocycles. The van der Waals surface area contributed by atoms with Gasteiger partial charge in [-0.25, -0.2) is 0 Å². The van der Waals surface area contributed by atoms with E-state index in [9.17, 15) is 0 Å². The predicted octanol–water partition coefficient (Wildman–Crippen LogP) is 5.03. The average molecular weight is 312 g/mol. The zero-order valence-corrected chi connectivity index (χ0v) is 14.5. The van der Waals surface area contributed by atoms with Crippen LogP contribution in [0.15, 0.2) is 54.6 Å². The molecular weight excluding hydrogens is 288 g/mol. The molecule has 116 valence electrons. The number of rotatable bonds is 3. The Morgan fingerprint density at radius 3 is 2.09 bits per heavy atom. The molecule has 2 rings (SSSR count). The van der Waals surface area contributed by atoms with Gasteiger partial charge in [0.2, 0.25) is 0 Å². The Morgan fingerprint density at radius 2 is 1.55 bits per heavy atom. The fraction of sp³-hybridized carbons (Fsp3) is 0.316. The normalized spacial score (nSPS) is 12.5. The first kappa shape index (κ1) is 16.5. The van der Waals surface area contributed by atoms with Gasteiger partial charge in [-0.05, 0) is 47.8 Å². The third-order valence-corrected chi connectivity index (χ3v) is 3.88. The first-order valence-corrected chi connectivity index (χ1v) is 8.00. The van der Waals surface area contributed by atoms with Gasteiger partial charge in [-0.3, -0.25) is 0 Å². The minimum Gasteiger partial charge on any atom is -0.356 e. The molecule has 1 atom stereocenters. The SMILES string of the molecule is C[C@H](NC(=S)Nc1ccccc1)c1ccc(C(C)(C)C)cc1. The van der Waals surface area contributed by atoms with Crippen LogP contribution in [0, 0.1) is 0 Å². The molecule has 0 aliphatic heterocycles. The smallest absolute Gasteiger partial charge is 0.171 e. The van der Waals surface area contributed by atoms with Gasteiger partial charge in [-0.1, -0.05) is 63.2 Å². The minimum atomic E-state index is 0.165. The fourth-order valence-corrected chi connectivity index (χ4v) is 2.54. The quantitative estimate of drug-likeness (QED) is 0.777. The van der Waals surface area contributed by atoms with Crippen molar-refractivity contribution in [3.05, 3.63) is 65.7 Å². The highest BCUT2D eigenvalue weighted by atomic mass is 32.1. The predicted molar refractivity (Wildman–Crippen MR) is 99.4 cm³/mol. The van der Waals surface area contributed by atoms with Gasteiger partial charge >= 0.3 is 0 Å². The van der Waals surface area contributed by atoms with Gasteiger partial charge in [0.05, 0.1) is 6.04 Å². The number of hydrogen-bond acceptors (Lipinski definition) is 1. The highest BCUT2D eigenvalue weighted by Crippen LogP contribution is 2.23. The van der Waals surface area contributed by atoms with E-state index in [1.54, 1.807) is 0 Å². The first-order chi connectivity index (χ1) is 10.4. The van der Waals surface area contributed by atoms with E-state index in [2.05, 4.69) is 62.6 Å². The number of benzene rings is 2. The largest absolute Gasteiger partial charge is 0.356 e. The zero-order chi connectivity index (χ0) is 16.2. The zero-order valence-electron chi connectivity index (χ0n) is 13.7. The van der Waals surface area contributed by atoms with Gasteiger partial charge < -0.3 is 10.6 Å². The molecule has 0 fully saturated rings. The molecule has 0 bridgehead atoms. The van der Waals surface area contributed by atoms with Gasteiger partial charge in [0, 0.05) is 5.69 Å². The molecule has 0 saturated carbocycles. The molecule has 0 amide bonds. The van der Waals surface area contributed by atoms with Crippen LogP contribution < -0.4 is 10.6 Å². The third kappa shape index (κ3) is 4.57. The summed E-state index contributed by atoms with van der Waals surface area (Å²) in [4.78, 5) is 0. The molecule has 0 aliphatic carbocycles. The lowest BCUT2D eigenvalue weighted by Crippen LogP contribution is -2.30. The van der Waals surface area contributed by atoms with Crippen molar-refractivity contribution in [2.75, 3.05) is 5.32 Å². The van der Waals surface area contributed by atoms with Crippen LogP contribution in [0.5, 0.6) is 0 Å². The van der Waals surface area contributed by atoms with E-state index >= 15 is 0 Å². The standard InChI is InChI=1S/C19H24N2S/c1-14(15-10-12-16(13-11-15)19(2,3)4)20-18(22)21-17-8-6-5-7-9-17/h5-14H,1-4H3,(H2,20,21,22)/t14-/m0/s1. The summed E-state index contributed by atoms with van der Waals surface area (Å²) in [6.07, 6.45) is 0. The van der Waals surface area contributed by atoms with E-state index < -0.39 is 0 Å². The number of para-hydroxylation sites is 1. The topological polar surface area (TPSA) is 24.1 Å². The van der Waals surface area contributed by atoms with Crippen molar-refractivity contribution in [1.82, 2.24) is 5.32 Å². The first-order valence-electron chi connectivity index (χ1n) is 7.59. The van der Waals surface area contributed by atoms with Crippen LogP contribution in [0.2, 0.25) is 0 Å². The molecular formula is C19H24N2S. The molecule has 0 aliphatic rings. The number of hydrogen-bond donors (Lipinski definition) is 2. The van der Waals surface area contributed by atoms with Crippen LogP contribution in [0.3, 0.4) is 0 Å². The molecule has 0 spiro atoms. The second-order valence-corrected chi connectivity index (χ2v) is 6.97. The molecule has 0 heterocycles. The molecule has 2 N–H and O–H groups in total. The maximum absolute atomic E-state index is 5.38. The summed E-state index contributed by atoms with van der Waals surface area (Å²) in [5.74, 6) is 0. The molecule has 2 nitrogen and oxygen atoms in total. The van der Waals surface area contributed by atoms with Crippen LogP contribution in [-0.4, -0.2) is 5.11 Å².